The Hall–Kier alpha value is -1.65. The van der Waals surface area contributed by atoms with Gasteiger partial charge in [0.15, 0.2) is 0 Å². The number of benzene rings is 1. The van der Waals surface area contributed by atoms with E-state index in [-0.39, 0.29) is 31.3 Å². The molecule has 1 saturated heterocycles. The molecule has 1 aromatic rings. The molecule has 1 aliphatic heterocycles. The van der Waals surface area contributed by atoms with Crippen molar-refractivity contribution in [3.63, 3.8) is 0 Å². The van der Waals surface area contributed by atoms with Gasteiger partial charge in [0, 0.05) is 31.8 Å². The average molecular weight is 394 g/mol. The summed E-state index contributed by atoms with van der Waals surface area (Å²) in [6, 6.07) is 4.05. The van der Waals surface area contributed by atoms with Crippen molar-refractivity contribution in [2.75, 3.05) is 31.3 Å². The molecule has 1 amide bonds. The van der Waals surface area contributed by atoms with E-state index in [0.29, 0.717) is 6.61 Å². The Balaban J connectivity index is 1.89. The molecule has 0 aliphatic carbocycles. The maximum atomic E-state index is 12.5. The van der Waals surface area contributed by atoms with E-state index in [9.17, 15) is 26.4 Å². The van der Waals surface area contributed by atoms with E-state index in [0.717, 1.165) is 43.4 Å². The molecular weight excluding hydrogens is 373 g/mol. The molecule has 146 valence electrons. The number of sulfonamides is 1. The van der Waals surface area contributed by atoms with E-state index in [1.807, 2.05) is 0 Å². The van der Waals surface area contributed by atoms with Crippen molar-refractivity contribution in [1.29, 1.82) is 0 Å². The van der Waals surface area contributed by atoms with Crippen LogP contribution in [0, 0.1) is 0 Å². The van der Waals surface area contributed by atoms with Crippen LogP contribution in [0.5, 0.6) is 0 Å². The van der Waals surface area contributed by atoms with Gasteiger partial charge in [-0.05, 0) is 37.1 Å². The summed E-state index contributed by atoms with van der Waals surface area (Å²) in [5.74, 6) is -0.481. The van der Waals surface area contributed by atoms with E-state index < -0.39 is 27.7 Å². The van der Waals surface area contributed by atoms with Gasteiger partial charge < -0.3 is 10.1 Å². The normalized spacial score (nSPS) is 18.3. The van der Waals surface area contributed by atoms with E-state index >= 15 is 0 Å². The molecule has 0 spiro atoms. The number of amides is 1. The van der Waals surface area contributed by atoms with E-state index in [1.54, 1.807) is 0 Å². The van der Waals surface area contributed by atoms with Crippen LogP contribution in [-0.2, 0) is 25.7 Å². The molecule has 0 radical (unpaired) electrons. The van der Waals surface area contributed by atoms with Crippen molar-refractivity contribution in [3.8, 4) is 0 Å². The third-order valence-electron chi connectivity index (χ3n) is 3.98. The van der Waals surface area contributed by atoms with Gasteiger partial charge in [-0.1, -0.05) is 0 Å². The Morgan fingerprint density at radius 2 is 1.96 bits per heavy atom. The number of hydrogen-bond acceptors (Lipinski definition) is 4. The summed E-state index contributed by atoms with van der Waals surface area (Å²) >= 11 is 0. The van der Waals surface area contributed by atoms with Gasteiger partial charge in [-0.3, -0.25) is 4.79 Å². The van der Waals surface area contributed by atoms with Crippen LogP contribution in [0.25, 0.3) is 0 Å². The fraction of sp³-hybridized carbons (Fsp3) is 0.562. The summed E-state index contributed by atoms with van der Waals surface area (Å²) in [4.78, 5) is 12.0. The summed E-state index contributed by atoms with van der Waals surface area (Å²) in [6.45, 7) is 0.758. The SMILES string of the molecule is CS(=O)(=O)N(CCC(=O)Nc1ccc(C(F)(F)F)cc1)CC1CCCO1. The topological polar surface area (TPSA) is 75.7 Å². The molecular formula is C16H21F3N2O4S. The quantitative estimate of drug-likeness (QED) is 0.771. The lowest BCUT2D eigenvalue weighted by molar-refractivity contribution is -0.137. The molecule has 0 saturated carbocycles. The first-order chi connectivity index (χ1) is 12.1. The number of rotatable bonds is 7. The number of carbonyl (C=O) groups is 1. The van der Waals surface area contributed by atoms with Gasteiger partial charge in [-0.2, -0.15) is 17.5 Å². The van der Waals surface area contributed by atoms with Crippen LogP contribution in [0.15, 0.2) is 24.3 Å². The maximum absolute atomic E-state index is 12.5. The second-order valence-electron chi connectivity index (χ2n) is 6.13. The molecule has 1 unspecified atom stereocenters. The Morgan fingerprint density at radius 1 is 1.31 bits per heavy atom. The van der Waals surface area contributed by atoms with E-state index in [1.165, 1.54) is 4.31 Å². The Labute approximate surface area is 150 Å². The van der Waals surface area contributed by atoms with Gasteiger partial charge in [0.05, 0.1) is 17.9 Å². The Kier molecular flexibility index (Phi) is 6.64. The van der Waals surface area contributed by atoms with Gasteiger partial charge >= 0.3 is 6.18 Å². The fourth-order valence-electron chi connectivity index (χ4n) is 2.60. The number of halogens is 3. The predicted octanol–water partition coefficient (Wildman–Crippen LogP) is 2.47. The second-order valence-corrected chi connectivity index (χ2v) is 8.11. The van der Waals surface area contributed by atoms with Crippen molar-refractivity contribution < 1.29 is 31.1 Å². The highest BCUT2D eigenvalue weighted by atomic mass is 32.2. The lowest BCUT2D eigenvalue weighted by atomic mass is 10.2. The van der Waals surface area contributed by atoms with Crippen LogP contribution >= 0.6 is 0 Å². The van der Waals surface area contributed by atoms with Crippen molar-refractivity contribution in [1.82, 2.24) is 4.31 Å². The molecule has 1 aliphatic rings. The van der Waals surface area contributed by atoms with Crippen molar-refractivity contribution in [3.05, 3.63) is 29.8 Å². The van der Waals surface area contributed by atoms with Gasteiger partial charge in [0.1, 0.15) is 0 Å². The number of hydrogen-bond donors (Lipinski definition) is 1. The van der Waals surface area contributed by atoms with E-state index in [2.05, 4.69) is 5.32 Å². The smallest absolute Gasteiger partial charge is 0.377 e. The lowest BCUT2D eigenvalue weighted by Crippen LogP contribution is -2.38. The first-order valence-electron chi connectivity index (χ1n) is 8.09. The number of nitrogens with zero attached hydrogens (tertiary/aromatic N) is 1. The fourth-order valence-corrected chi connectivity index (χ4v) is 3.46. The second kappa shape index (κ2) is 8.36. The molecule has 6 nitrogen and oxygen atoms in total. The minimum atomic E-state index is -4.44. The zero-order valence-electron chi connectivity index (χ0n) is 14.3. The van der Waals surface area contributed by atoms with E-state index in [4.69, 9.17) is 4.74 Å². The molecule has 0 aromatic heterocycles. The number of carbonyl (C=O) groups excluding carboxylic acids is 1. The standard InChI is InChI=1S/C16H21F3N2O4S/c1-26(23,24)21(11-14-3-2-10-25-14)9-8-15(22)20-13-6-4-12(5-7-13)16(17,18)19/h4-7,14H,2-3,8-11H2,1H3,(H,20,22). The van der Waals surface area contributed by atoms with Gasteiger partial charge in [0.25, 0.3) is 0 Å². The first kappa shape index (κ1) is 20.7. The largest absolute Gasteiger partial charge is 0.416 e. The molecule has 1 fully saturated rings. The summed E-state index contributed by atoms with van der Waals surface area (Å²) in [6.07, 6.45) is -2.03. The molecule has 1 atom stereocenters. The highest BCUT2D eigenvalue weighted by Gasteiger charge is 2.30. The monoisotopic (exact) mass is 394 g/mol. The van der Waals surface area contributed by atoms with Crippen molar-refractivity contribution in [2.24, 2.45) is 0 Å². The van der Waals surface area contributed by atoms with Crippen molar-refractivity contribution in [2.45, 2.75) is 31.5 Å². The Morgan fingerprint density at radius 3 is 2.46 bits per heavy atom. The number of anilines is 1. The van der Waals surface area contributed by atoms with Gasteiger partial charge in [-0.25, -0.2) is 8.42 Å². The van der Waals surface area contributed by atoms with Crippen LogP contribution in [-0.4, -0.2) is 50.7 Å². The molecule has 10 heteroatoms. The van der Waals surface area contributed by atoms with Gasteiger partial charge in [-0.15, -0.1) is 0 Å². The van der Waals surface area contributed by atoms with Crippen LogP contribution in [0.4, 0.5) is 18.9 Å². The minimum Gasteiger partial charge on any atom is -0.377 e. The van der Waals surface area contributed by atoms with Crippen LogP contribution in [0.3, 0.4) is 0 Å². The summed E-state index contributed by atoms with van der Waals surface area (Å²) < 4.78 is 67.8. The lowest BCUT2D eigenvalue weighted by Gasteiger charge is -2.22. The van der Waals surface area contributed by atoms with Crippen LogP contribution in [0.1, 0.15) is 24.8 Å². The zero-order valence-corrected chi connectivity index (χ0v) is 15.1. The zero-order chi connectivity index (χ0) is 19.4. The number of nitrogens with one attached hydrogen (secondary N) is 1. The molecule has 1 aromatic carbocycles. The Bertz CT molecular complexity index is 714. The number of ether oxygens (including phenoxy) is 1. The van der Waals surface area contributed by atoms with Crippen LogP contribution in [0.2, 0.25) is 0 Å². The third-order valence-corrected chi connectivity index (χ3v) is 5.25. The number of alkyl halides is 3. The minimum absolute atomic E-state index is 0.0227. The molecule has 26 heavy (non-hydrogen) atoms. The average Bonchev–Trinajstić information content (AvgIpc) is 3.03. The van der Waals surface area contributed by atoms with Gasteiger partial charge in [0.2, 0.25) is 15.9 Å². The first-order valence-corrected chi connectivity index (χ1v) is 9.94. The highest BCUT2D eigenvalue weighted by Crippen LogP contribution is 2.29. The highest BCUT2D eigenvalue weighted by molar-refractivity contribution is 7.88. The maximum Gasteiger partial charge on any atom is 0.416 e. The predicted molar refractivity (Wildman–Crippen MR) is 90.1 cm³/mol. The van der Waals surface area contributed by atoms with Crippen LogP contribution < -0.4 is 5.32 Å². The molecule has 0 bridgehead atoms. The summed E-state index contributed by atoms with van der Waals surface area (Å²) in [5.41, 5.74) is -0.594. The summed E-state index contributed by atoms with van der Waals surface area (Å²) in [7, 11) is -3.49. The third kappa shape index (κ3) is 6.26. The summed E-state index contributed by atoms with van der Waals surface area (Å²) in [5, 5.41) is 2.46. The van der Waals surface area contributed by atoms with Crippen molar-refractivity contribution >= 4 is 21.6 Å². The molecule has 1 N–H and O–H groups in total. The molecule has 1 heterocycles. The molecule has 2 rings (SSSR count).